The zero-order chi connectivity index (χ0) is 14.9. The summed E-state index contributed by atoms with van der Waals surface area (Å²) in [6.45, 7) is 15.0. The van der Waals surface area contributed by atoms with Crippen LogP contribution in [-0.2, 0) is 0 Å². The Morgan fingerprint density at radius 1 is 1.26 bits per heavy atom. The maximum atomic E-state index is 3.64. The molecule has 3 heteroatoms. The first-order valence-corrected chi connectivity index (χ1v) is 9.17. The summed E-state index contributed by atoms with van der Waals surface area (Å²) in [5.74, 6) is 1.98. The third-order valence-corrected chi connectivity index (χ3v) is 4.76. The molecule has 0 aliphatic rings. The van der Waals surface area contributed by atoms with Crippen LogP contribution in [0.1, 0.15) is 47.5 Å². The van der Waals surface area contributed by atoms with Gasteiger partial charge in [0.2, 0.25) is 0 Å². The molecular weight excluding hydrogens is 252 g/mol. The highest BCUT2D eigenvalue weighted by Gasteiger charge is 2.26. The van der Waals surface area contributed by atoms with Gasteiger partial charge in [-0.3, -0.25) is 0 Å². The smallest absolute Gasteiger partial charge is 0.0180 e. The van der Waals surface area contributed by atoms with Crippen LogP contribution >= 0.6 is 11.8 Å². The molecule has 0 saturated carbocycles. The van der Waals surface area contributed by atoms with Crippen LogP contribution < -0.4 is 5.32 Å². The molecule has 0 aromatic carbocycles. The predicted molar refractivity (Wildman–Crippen MR) is 91.2 cm³/mol. The lowest BCUT2D eigenvalue weighted by molar-refractivity contribution is 0.146. The minimum Gasteiger partial charge on any atom is -0.316 e. The molecule has 0 saturated heterocycles. The van der Waals surface area contributed by atoms with Gasteiger partial charge >= 0.3 is 0 Å². The molecule has 2 atom stereocenters. The molecule has 2 nitrogen and oxygen atoms in total. The van der Waals surface area contributed by atoms with Crippen molar-refractivity contribution in [1.29, 1.82) is 0 Å². The van der Waals surface area contributed by atoms with Gasteiger partial charge in [-0.15, -0.1) is 0 Å². The van der Waals surface area contributed by atoms with Crippen LogP contribution in [0, 0.1) is 11.3 Å². The third-order valence-electron chi connectivity index (χ3n) is 4.04. The molecule has 1 N–H and O–H groups in total. The summed E-state index contributed by atoms with van der Waals surface area (Å²) in [5.41, 5.74) is 0.384. The molecule has 0 aliphatic carbocycles. The van der Waals surface area contributed by atoms with Gasteiger partial charge < -0.3 is 10.2 Å². The van der Waals surface area contributed by atoms with E-state index in [1.807, 2.05) is 11.8 Å². The van der Waals surface area contributed by atoms with Crippen LogP contribution in [0.25, 0.3) is 0 Å². The van der Waals surface area contributed by atoms with Gasteiger partial charge in [0.15, 0.2) is 0 Å². The molecule has 116 valence electrons. The van der Waals surface area contributed by atoms with E-state index in [2.05, 4.69) is 58.1 Å². The molecule has 0 aromatic rings. The lowest BCUT2D eigenvalue weighted by atomic mass is 9.86. The molecular formula is C16H36N2S. The Morgan fingerprint density at radius 2 is 1.89 bits per heavy atom. The van der Waals surface area contributed by atoms with E-state index in [1.54, 1.807) is 0 Å². The molecule has 19 heavy (non-hydrogen) atoms. The first kappa shape index (κ1) is 19.3. The first-order valence-electron chi connectivity index (χ1n) is 7.78. The number of hydrogen-bond acceptors (Lipinski definition) is 3. The maximum Gasteiger partial charge on any atom is 0.0180 e. The summed E-state index contributed by atoms with van der Waals surface area (Å²) >= 11 is 1.96. The Labute approximate surface area is 126 Å². The average molecular weight is 289 g/mol. The van der Waals surface area contributed by atoms with Crippen LogP contribution in [0.2, 0.25) is 0 Å². The first-order chi connectivity index (χ1) is 8.88. The van der Waals surface area contributed by atoms with E-state index >= 15 is 0 Å². The van der Waals surface area contributed by atoms with E-state index in [-0.39, 0.29) is 0 Å². The summed E-state index contributed by atoms with van der Waals surface area (Å²) in [5, 5.41) is 3.64. The second-order valence-electron chi connectivity index (χ2n) is 6.62. The standard InChI is InChI=1S/C16H36N2S/c1-8-15(11-19-7)18(6)13-16(5,9-2)12-17-10-14(3)4/h14-15,17H,8-13H2,1-7H3. The van der Waals surface area contributed by atoms with Crippen LogP contribution in [0.4, 0.5) is 0 Å². The van der Waals surface area contributed by atoms with E-state index < -0.39 is 0 Å². The number of thioether (sulfide) groups is 1. The fourth-order valence-corrected chi connectivity index (χ4v) is 3.31. The topological polar surface area (TPSA) is 15.3 Å². The molecule has 0 bridgehead atoms. The highest BCUT2D eigenvalue weighted by atomic mass is 32.2. The number of hydrogen-bond donors (Lipinski definition) is 1. The Morgan fingerprint density at radius 3 is 2.32 bits per heavy atom. The lowest BCUT2D eigenvalue weighted by Gasteiger charge is -2.37. The largest absolute Gasteiger partial charge is 0.316 e. The minimum atomic E-state index is 0.384. The van der Waals surface area contributed by atoms with E-state index in [4.69, 9.17) is 0 Å². The molecule has 0 fully saturated rings. The van der Waals surface area contributed by atoms with Crippen molar-refractivity contribution in [2.45, 2.75) is 53.5 Å². The van der Waals surface area contributed by atoms with Gasteiger partial charge in [0.1, 0.15) is 0 Å². The van der Waals surface area contributed by atoms with E-state index in [1.165, 1.54) is 25.1 Å². The Hall–Kier alpha value is 0.270. The predicted octanol–water partition coefficient (Wildman–Crippen LogP) is 3.72. The normalized spacial score (nSPS) is 16.9. The molecule has 0 spiro atoms. The summed E-state index contributed by atoms with van der Waals surface area (Å²) in [7, 11) is 2.29. The van der Waals surface area contributed by atoms with Crippen molar-refractivity contribution in [2.24, 2.45) is 11.3 Å². The average Bonchev–Trinajstić information content (AvgIpc) is 2.35. The maximum absolute atomic E-state index is 3.64. The van der Waals surface area contributed by atoms with Crippen LogP contribution in [-0.4, -0.2) is 49.6 Å². The van der Waals surface area contributed by atoms with E-state index in [9.17, 15) is 0 Å². The zero-order valence-electron chi connectivity index (χ0n) is 14.3. The molecule has 2 unspecified atom stereocenters. The Kier molecular flexibility index (Phi) is 10.2. The van der Waals surface area contributed by atoms with Crippen molar-refractivity contribution in [2.75, 3.05) is 38.7 Å². The number of nitrogens with zero attached hydrogens (tertiary/aromatic N) is 1. The SMILES string of the molecule is CCC(CSC)N(C)CC(C)(CC)CNCC(C)C. The fourth-order valence-electron chi connectivity index (χ4n) is 2.44. The van der Waals surface area contributed by atoms with Crippen molar-refractivity contribution < 1.29 is 0 Å². The van der Waals surface area contributed by atoms with Gasteiger partial charge in [0.25, 0.3) is 0 Å². The third kappa shape index (κ3) is 8.21. The fraction of sp³-hybridized carbons (Fsp3) is 1.00. The van der Waals surface area contributed by atoms with Gasteiger partial charge in [-0.1, -0.05) is 34.6 Å². The lowest BCUT2D eigenvalue weighted by Crippen LogP contribution is -2.45. The van der Waals surface area contributed by atoms with Gasteiger partial charge in [-0.05, 0) is 44.0 Å². The molecule has 0 aromatic heterocycles. The van der Waals surface area contributed by atoms with E-state index in [0.717, 1.165) is 19.0 Å². The van der Waals surface area contributed by atoms with Crippen molar-refractivity contribution in [3.05, 3.63) is 0 Å². The Balaban J connectivity index is 4.33. The van der Waals surface area contributed by atoms with Crippen LogP contribution in [0.5, 0.6) is 0 Å². The number of rotatable bonds is 11. The number of nitrogens with one attached hydrogen (secondary N) is 1. The van der Waals surface area contributed by atoms with E-state index in [0.29, 0.717) is 11.5 Å². The second kappa shape index (κ2) is 10.1. The highest BCUT2D eigenvalue weighted by molar-refractivity contribution is 7.98. The molecule has 0 amide bonds. The van der Waals surface area contributed by atoms with Crippen molar-refractivity contribution >= 4 is 11.8 Å². The van der Waals surface area contributed by atoms with Gasteiger partial charge in [0.05, 0.1) is 0 Å². The molecule has 0 aliphatic heterocycles. The second-order valence-corrected chi connectivity index (χ2v) is 7.53. The highest BCUT2D eigenvalue weighted by Crippen LogP contribution is 2.23. The van der Waals surface area contributed by atoms with Crippen molar-refractivity contribution in [3.8, 4) is 0 Å². The summed E-state index contributed by atoms with van der Waals surface area (Å²) < 4.78 is 0. The van der Waals surface area contributed by atoms with Gasteiger partial charge in [-0.25, -0.2) is 0 Å². The van der Waals surface area contributed by atoms with Gasteiger partial charge in [0, 0.05) is 24.9 Å². The summed E-state index contributed by atoms with van der Waals surface area (Å²) in [6.07, 6.45) is 4.69. The molecule has 0 heterocycles. The quantitative estimate of drug-likeness (QED) is 0.624. The van der Waals surface area contributed by atoms with Crippen LogP contribution in [0.15, 0.2) is 0 Å². The monoisotopic (exact) mass is 288 g/mol. The summed E-state index contributed by atoms with van der Waals surface area (Å²) in [4.78, 5) is 2.57. The zero-order valence-corrected chi connectivity index (χ0v) is 15.1. The van der Waals surface area contributed by atoms with Gasteiger partial charge in [-0.2, -0.15) is 11.8 Å². The Bertz CT molecular complexity index is 221. The van der Waals surface area contributed by atoms with Crippen molar-refractivity contribution in [3.63, 3.8) is 0 Å². The summed E-state index contributed by atoms with van der Waals surface area (Å²) in [6, 6.07) is 0.714. The molecule has 0 radical (unpaired) electrons. The van der Waals surface area contributed by atoms with Crippen molar-refractivity contribution in [1.82, 2.24) is 10.2 Å². The minimum absolute atomic E-state index is 0.384. The van der Waals surface area contributed by atoms with Crippen LogP contribution in [0.3, 0.4) is 0 Å². The molecule has 0 rings (SSSR count).